The summed E-state index contributed by atoms with van der Waals surface area (Å²) in [6.45, 7) is 17.0. The maximum Gasteiger partial charge on any atom is 0.249 e. The molecule has 1 unspecified atom stereocenters. The van der Waals surface area contributed by atoms with E-state index in [0.29, 0.717) is 5.92 Å². The highest BCUT2D eigenvalue weighted by atomic mass is 28.4. The SMILES string of the molecule is C=CC(C)/C=C/O[Si](C)(C)C(C)(C)C. The Morgan fingerprint density at radius 3 is 2.14 bits per heavy atom. The van der Waals surface area contributed by atoms with Crippen LogP contribution in [0, 0.1) is 5.92 Å². The van der Waals surface area contributed by atoms with Crippen LogP contribution >= 0.6 is 0 Å². The van der Waals surface area contributed by atoms with Crippen LogP contribution in [0.4, 0.5) is 0 Å². The molecule has 0 saturated heterocycles. The van der Waals surface area contributed by atoms with Crippen molar-refractivity contribution in [3.8, 4) is 0 Å². The molecule has 0 N–H and O–H groups in total. The molecule has 0 radical (unpaired) electrons. The van der Waals surface area contributed by atoms with Crippen LogP contribution in [0.25, 0.3) is 0 Å². The fourth-order valence-corrected chi connectivity index (χ4v) is 1.36. The summed E-state index contributed by atoms with van der Waals surface area (Å²) in [5, 5.41) is 0.273. The topological polar surface area (TPSA) is 9.23 Å². The largest absolute Gasteiger partial charge is 0.549 e. The van der Waals surface area contributed by atoms with Crippen LogP contribution < -0.4 is 0 Å². The second-order valence-electron chi connectivity index (χ2n) is 5.30. The first kappa shape index (κ1) is 13.5. The van der Waals surface area contributed by atoms with Crippen LogP contribution in [0.1, 0.15) is 27.7 Å². The molecule has 0 rings (SSSR count). The number of hydrogen-bond acceptors (Lipinski definition) is 1. The molecular formula is C12H24OSi. The molecule has 0 heterocycles. The first-order valence-electron chi connectivity index (χ1n) is 5.18. The Balaban J connectivity index is 4.25. The molecule has 0 aromatic carbocycles. The molecule has 1 atom stereocenters. The quantitative estimate of drug-likeness (QED) is 0.382. The maximum absolute atomic E-state index is 5.88. The summed E-state index contributed by atoms with van der Waals surface area (Å²) in [5.41, 5.74) is 0. The van der Waals surface area contributed by atoms with Crippen LogP contribution in [-0.4, -0.2) is 8.32 Å². The summed E-state index contributed by atoms with van der Waals surface area (Å²) in [4.78, 5) is 0. The molecule has 2 heteroatoms. The van der Waals surface area contributed by atoms with Crippen molar-refractivity contribution in [3.63, 3.8) is 0 Å². The second-order valence-corrected chi connectivity index (χ2v) is 10.1. The normalized spacial score (nSPS) is 15.6. The van der Waals surface area contributed by atoms with E-state index in [1.54, 1.807) is 0 Å². The van der Waals surface area contributed by atoms with Gasteiger partial charge in [0.15, 0.2) is 0 Å². The molecule has 14 heavy (non-hydrogen) atoms. The molecule has 82 valence electrons. The summed E-state index contributed by atoms with van der Waals surface area (Å²) < 4.78 is 5.88. The highest BCUT2D eigenvalue weighted by molar-refractivity contribution is 6.74. The summed E-state index contributed by atoms with van der Waals surface area (Å²) in [7, 11) is -1.61. The fraction of sp³-hybridized carbons (Fsp3) is 0.667. The van der Waals surface area contributed by atoms with Gasteiger partial charge in [-0.25, -0.2) is 0 Å². The van der Waals surface area contributed by atoms with E-state index in [4.69, 9.17) is 4.43 Å². The van der Waals surface area contributed by atoms with Crippen LogP contribution in [0.3, 0.4) is 0 Å². The van der Waals surface area contributed by atoms with Gasteiger partial charge in [-0.15, -0.1) is 6.58 Å². The van der Waals surface area contributed by atoms with E-state index in [9.17, 15) is 0 Å². The molecule has 0 aliphatic rings. The first-order valence-corrected chi connectivity index (χ1v) is 8.08. The molecule has 1 nitrogen and oxygen atoms in total. The van der Waals surface area contributed by atoms with Crippen LogP contribution in [-0.2, 0) is 4.43 Å². The molecule has 0 amide bonds. The summed E-state index contributed by atoms with van der Waals surface area (Å²) in [6.07, 6.45) is 5.81. The zero-order valence-corrected chi connectivity index (χ0v) is 11.4. The van der Waals surface area contributed by atoms with Crippen molar-refractivity contribution in [1.82, 2.24) is 0 Å². The molecule has 0 fully saturated rings. The van der Waals surface area contributed by atoms with Gasteiger partial charge < -0.3 is 4.43 Å². The molecule has 0 saturated carbocycles. The monoisotopic (exact) mass is 212 g/mol. The van der Waals surface area contributed by atoms with Crippen LogP contribution in [0.5, 0.6) is 0 Å². The Morgan fingerprint density at radius 1 is 1.29 bits per heavy atom. The van der Waals surface area contributed by atoms with Crippen molar-refractivity contribution in [2.24, 2.45) is 5.92 Å². The van der Waals surface area contributed by atoms with E-state index < -0.39 is 8.32 Å². The van der Waals surface area contributed by atoms with Gasteiger partial charge in [0, 0.05) is 0 Å². The summed E-state index contributed by atoms with van der Waals surface area (Å²) in [5.74, 6) is 0.389. The lowest BCUT2D eigenvalue weighted by atomic mass is 10.2. The third kappa shape index (κ3) is 4.14. The highest BCUT2D eigenvalue weighted by Gasteiger charge is 2.37. The van der Waals surface area contributed by atoms with E-state index in [-0.39, 0.29) is 5.04 Å². The van der Waals surface area contributed by atoms with E-state index in [2.05, 4.69) is 47.4 Å². The zero-order chi connectivity index (χ0) is 11.4. The van der Waals surface area contributed by atoms with Crippen LogP contribution in [0.15, 0.2) is 25.0 Å². The highest BCUT2D eigenvalue weighted by Crippen LogP contribution is 2.36. The van der Waals surface area contributed by atoms with Gasteiger partial charge in [0.05, 0.1) is 6.26 Å². The zero-order valence-electron chi connectivity index (χ0n) is 10.4. The van der Waals surface area contributed by atoms with Gasteiger partial charge in [0.25, 0.3) is 0 Å². The molecule has 0 aliphatic heterocycles. The minimum atomic E-state index is -1.61. The van der Waals surface area contributed by atoms with E-state index >= 15 is 0 Å². The van der Waals surface area contributed by atoms with E-state index in [1.165, 1.54) is 0 Å². The van der Waals surface area contributed by atoms with Crippen molar-refractivity contribution in [3.05, 3.63) is 25.0 Å². The lowest BCUT2D eigenvalue weighted by Crippen LogP contribution is -2.39. The Bertz CT molecular complexity index is 211. The molecule has 0 bridgehead atoms. The Labute approximate surface area is 90.0 Å². The van der Waals surface area contributed by atoms with Crippen LogP contribution in [0.2, 0.25) is 18.1 Å². The Kier molecular flexibility index (Phi) is 4.65. The summed E-state index contributed by atoms with van der Waals surface area (Å²) in [6, 6.07) is 0. The van der Waals surface area contributed by atoms with Crippen molar-refractivity contribution in [2.45, 2.75) is 45.8 Å². The molecular weight excluding hydrogens is 188 g/mol. The van der Waals surface area contributed by atoms with Gasteiger partial charge in [-0.2, -0.15) is 0 Å². The number of hydrogen-bond donors (Lipinski definition) is 0. The number of rotatable bonds is 4. The molecule has 0 aliphatic carbocycles. The smallest absolute Gasteiger partial charge is 0.249 e. The lowest BCUT2D eigenvalue weighted by Gasteiger charge is -2.35. The number of allylic oxidation sites excluding steroid dienone is 2. The average molecular weight is 212 g/mol. The van der Waals surface area contributed by atoms with E-state index in [1.807, 2.05) is 18.4 Å². The maximum atomic E-state index is 5.88. The predicted molar refractivity (Wildman–Crippen MR) is 66.8 cm³/mol. The van der Waals surface area contributed by atoms with Crippen molar-refractivity contribution in [2.75, 3.05) is 0 Å². The van der Waals surface area contributed by atoms with E-state index in [0.717, 1.165) is 0 Å². The van der Waals surface area contributed by atoms with Gasteiger partial charge in [-0.05, 0) is 30.1 Å². The average Bonchev–Trinajstić information content (AvgIpc) is 2.01. The molecule has 0 spiro atoms. The minimum Gasteiger partial charge on any atom is -0.549 e. The van der Waals surface area contributed by atoms with Gasteiger partial charge >= 0.3 is 0 Å². The second kappa shape index (κ2) is 4.83. The third-order valence-electron chi connectivity index (χ3n) is 2.92. The third-order valence-corrected chi connectivity index (χ3v) is 7.26. The molecule has 0 aromatic heterocycles. The Morgan fingerprint density at radius 2 is 1.79 bits per heavy atom. The summed E-state index contributed by atoms with van der Waals surface area (Å²) >= 11 is 0. The van der Waals surface area contributed by atoms with Gasteiger partial charge in [-0.3, -0.25) is 0 Å². The van der Waals surface area contributed by atoms with Gasteiger partial charge in [0.2, 0.25) is 8.32 Å². The van der Waals surface area contributed by atoms with Gasteiger partial charge in [-0.1, -0.05) is 33.8 Å². The van der Waals surface area contributed by atoms with Crippen molar-refractivity contribution >= 4 is 8.32 Å². The Hall–Kier alpha value is -0.503. The lowest BCUT2D eigenvalue weighted by molar-refractivity contribution is 0.427. The van der Waals surface area contributed by atoms with Gasteiger partial charge in [0.1, 0.15) is 0 Å². The first-order chi connectivity index (χ1) is 6.20. The predicted octanol–water partition coefficient (Wildman–Crippen LogP) is 4.34. The minimum absolute atomic E-state index is 0.273. The fourth-order valence-electron chi connectivity index (χ4n) is 0.589. The molecule has 0 aromatic rings. The van der Waals surface area contributed by atoms with Crippen molar-refractivity contribution in [1.29, 1.82) is 0 Å². The van der Waals surface area contributed by atoms with Crippen molar-refractivity contribution < 1.29 is 4.43 Å². The standard InChI is InChI=1S/C12H24OSi/c1-8-11(2)9-10-13-14(6,7)12(3,4)5/h8-11H,1H2,2-7H3/b10-9+.